The van der Waals surface area contributed by atoms with Crippen LogP contribution in [0.4, 0.5) is 18.9 Å². The summed E-state index contributed by atoms with van der Waals surface area (Å²) < 4.78 is 44.6. The van der Waals surface area contributed by atoms with Crippen LogP contribution in [0.1, 0.15) is 20.8 Å². The van der Waals surface area contributed by atoms with Crippen LogP contribution >= 0.6 is 22.9 Å². The zero-order valence-corrected chi connectivity index (χ0v) is 17.3. The van der Waals surface area contributed by atoms with Gasteiger partial charge in [0.1, 0.15) is 10.6 Å². The normalized spacial score (nSPS) is 11.9. The van der Waals surface area contributed by atoms with Crippen molar-refractivity contribution in [3.05, 3.63) is 93.8 Å². The van der Waals surface area contributed by atoms with Gasteiger partial charge >= 0.3 is 12.1 Å². The van der Waals surface area contributed by atoms with Crippen molar-refractivity contribution in [2.45, 2.75) is 6.18 Å². The van der Waals surface area contributed by atoms with Gasteiger partial charge in [-0.1, -0.05) is 35.9 Å². The molecule has 0 unspecified atom stereocenters. The van der Waals surface area contributed by atoms with Gasteiger partial charge in [0.25, 0.3) is 0 Å². The molecule has 4 rings (SSSR count). The standard InChI is InChI=1S/C23H13ClF3NO2S/c24-20-18-6-1-2-7-19(18)31-21(20)22(29)30-17-10-8-14(9-11-17)13-28-16-5-3-4-15(12-16)23(25,26)27/h1-13H. The molecule has 4 aromatic rings. The lowest BCUT2D eigenvalue weighted by Crippen LogP contribution is -2.06. The molecule has 0 atom stereocenters. The molecule has 1 aromatic heterocycles. The number of rotatable bonds is 4. The van der Waals surface area contributed by atoms with E-state index in [4.69, 9.17) is 16.3 Å². The summed E-state index contributed by atoms with van der Waals surface area (Å²) >= 11 is 7.56. The summed E-state index contributed by atoms with van der Waals surface area (Å²) in [5.41, 5.74) is 0.0612. The average Bonchev–Trinajstić information content (AvgIpc) is 3.10. The van der Waals surface area contributed by atoms with E-state index in [1.165, 1.54) is 29.7 Å². The maximum atomic E-state index is 12.8. The number of fused-ring (bicyclic) bond motifs is 1. The van der Waals surface area contributed by atoms with E-state index in [1.54, 1.807) is 24.3 Å². The number of carbonyl (C=O) groups excluding carboxylic acids is 1. The maximum Gasteiger partial charge on any atom is 0.416 e. The van der Waals surface area contributed by atoms with Gasteiger partial charge in [0.2, 0.25) is 0 Å². The Balaban J connectivity index is 1.46. The molecule has 0 amide bonds. The fraction of sp³-hybridized carbons (Fsp3) is 0.0435. The molecule has 0 radical (unpaired) electrons. The van der Waals surface area contributed by atoms with Crippen molar-refractivity contribution < 1.29 is 22.7 Å². The number of hydrogen-bond donors (Lipinski definition) is 0. The van der Waals surface area contributed by atoms with E-state index < -0.39 is 17.7 Å². The lowest BCUT2D eigenvalue weighted by molar-refractivity contribution is -0.137. The highest BCUT2D eigenvalue weighted by atomic mass is 35.5. The van der Waals surface area contributed by atoms with E-state index in [0.29, 0.717) is 21.2 Å². The largest absolute Gasteiger partial charge is 0.422 e. The minimum Gasteiger partial charge on any atom is -0.422 e. The van der Waals surface area contributed by atoms with E-state index in [0.717, 1.165) is 22.2 Å². The highest BCUT2D eigenvalue weighted by Crippen LogP contribution is 2.36. The Morgan fingerprint density at radius 3 is 2.45 bits per heavy atom. The van der Waals surface area contributed by atoms with Crippen molar-refractivity contribution in [2.75, 3.05) is 0 Å². The minimum absolute atomic E-state index is 0.185. The van der Waals surface area contributed by atoms with Crippen molar-refractivity contribution in [3.8, 4) is 5.75 Å². The third kappa shape index (κ3) is 4.78. The Morgan fingerprint density at radius 2 is 1.74 bits per heavy atom. The van der Waals surface area contributed by atoms with Gasteiger partial charge in [0.05, 0.1) is 16.3 Å². The van der Waals surface area contributed by atoms with Gasteiger partial charge in [0.15, 0.2) is 0 Å². The predicted octanol–water partition coefficient (Wildman–Crippen LogP) is 7.54. The summed E-state index contributed by atoms with van der Waals surface area (Å²) in [7, 11) is 0. The lowest BCUT2D eigenvalue weighted by atomic mass is 10.2. The number of carbonyl (C=O) groups is 1. The first-order valence-corrected chi connectivity index (χ1v) is 10.2. The number of thiophene rings is 1. The summed E-state index contributed by atoms with van der Waals surface area (Å²) in [5, 5.41) is 1.15. The number of alkyl halides is 3. The predicted molar refractivity (Wildman–Crippen MR) is 117 cm³/mol. The van der Waals surface area contributed by atoms with Crippen LogP contribution in [0, 0.1) is 0 Å². The molecule has 0 spiro atoms. The summed E-state index contributed by atoms with van der Waals surface area (Å²) in [5.74, 6) is -0.244. The quantitative estimate of drug-likeness (QED) is 0.179. The number of nitrogens with zero attached hydrogens (tertiary/aromatic N) is 1. The van der Waals surface area contributed by atoms with Gasteiger partial charge in [-0.3, -0.25) is 4.99 Å². The van der Waals surface area contributed by atoms with Crippen molar-refractivity contribution in [3.63, 3.8) is 0 Å². The number of hydrogen-bond acceptors (Lipinski definition) is 4. The number of aliphatic imine (C=N–C) groups is 1. The third-order valence-electron chi connectivity index (χ3n) is 4.35. The fourth-order valence-corrected chi connectivity index (χ4v) is 4.22. The molecule has 0 aliphatic carbocycles. The molecular formula is C23H13ClF3NO2S. The van der Waals surface area contributed by atoms with Crippen molar-refractivity contribution in [1.82, 2.24) is 0 Å². The second-order valence-corrected chi connectivity index (χ2v) is 7.94. The summed E-state index contributed by atoms with van der Waals surface area (Å²) in [6, 6.07) is 18.6. The SMILES string of the molecule is O=C(Oc1ccc(C=Nc2cccc(C(F)(F)F)c2)cc1)c1sc2ccccc2c1Cl. The molecule has 31 heavy (non-hydrogen) atoms. The molecule has 8 heteroatoms. The molecule has 3 nitrogen and oxygen atoms in total. The monoisotopic (exact) mass is 459 g/mol. The van der Waals surface area contributed by atoms with Crippen LogP contribution in [0.2, 0.25) is 5.02 Å². The average molecular weight is 460 g/mol. The van der Waals surface area contributed by atoms with E-state index in [-0.39, 0.29) is 5.69 Å². The van der Waals surface area contributed by atoms with Gasteiger partial charge in [-0.05, 0) is 54.1 Å². The molecule has 0 aliphatic rings. The van der Waals surface area contributed by atoms with Crippen LogP contribution in [0.25, 0.3) is 10.1 Å². The molecule has 1 heterocycles. The molecule has 0 saturated heterocycles. The Kier molecular flexibility index (Phi) is 5.80. The zero-order valence-electron chi connectivity index (χ0n) is 15.7. The van der Waals surface area contributed by atoms with E-state index in [1.807, 2.05) is 24.3 Å². The molecular weight excluding hydrogens is 447 g/mol. The molecule has 0 aliphatic heterocycles. The maximum absolute atomic E-state index is 12.8. The highest BCUT2D eigenvalue weighted by molar-refractivity contribution is 7.21. The van der Waals surface area contributed by atoms with Crippen LogP contribution in [-0.2, 0) is 6.18 Å². The summed E-state index contributed by atoms with van der Waals surface area (Å²) in [4.78, 5) is 16.9. The summed E-state index contributed by atoms with van der Waals surface area (Å²) in [6.45, 7) is 0. The first-order chi connectivity index (χ1) is 14.8. The van der Waals surface area contributed by atoms with E-state index in [9.17, 15) is 18.0 Å². The summed E-state index contributed by atoms with van der Waals surface area (Å²) in [6.07, 6.45) is -2.99. The molecule has 0 fully saturated rings. The number of ether oxygens (including phenoxy) is 1. The second-order valence-electron chi connectivity index (χ2n) is 6.51. The van der Waals surface area contributed by atoms with E-state index in [2.05, 4.69) is 4.99 Å². The number of benzene rings is 3. The first kappa shape index (κ1) is 21.1. The van der Waals surface area contributed by atoms with Gasteiger partial charge in [-0.25, -0.2) is 4.79 Å². The number of halogens is 4. The van der Waals surface area contributed by atoms with Crippen molar-refractivity contribution in [1.29, 1.82) is 0 Å². The molecule has 0 N–H and O–H groups in total. The van der Waals surface area contributed by atoms with Gasteiger partial charge in [-0.15, -0.1) is 11.3 Å². The second kappa shape index (κ2) is 8.53. The highest BCUT2D eigenvalue weighted by Gasteiger charge is 2.30. The lowest BCUT2D eigenvalue weighted by Gasteiger charge is -2.06. The van der Waals surface area contributed by atoms with Crippen LogP contribution in [-0.4, -0.2) is 12.2 Å². The van der Waals surface area contributed by atoms with Gasteiger partial charge < -0.3 is 4.74 Å². The van der Waals surface area contributed by atoms with Gasteiger partial charge in [-0.2, -0.15) is 13.2 Å². The van der Waals surface area contributed by atoms with Crippen molar-refractivity contribution in [2.24, 2.45) is 4.99 Å². The number of esters is 1. The van der Waals surface area contributed by atoms with Crippen LogP contribution in [0.15, 0.2) is 77.8 Å². The Morgan fingerprint density at radius 1 is 1.00 bits per heavy atom. The Labute approximate surface area is 184 Å². The molecule has 0 saturated carbocycles. The van der Waals surface area contributed by atoms with Crippen molar-refractivity contribution >= 4 is 50.9 Å². The smallest absolute Gasteiger partial charge is 0.416 e. The fourth-order valence-electron chi connectivity index (χ4n) is 2.83. The van der Waals surface area contributed by atoms with E-state index >= 15 is 0 Å². The third-order valence-corrected chi connectivity index (χ3v) is 6.00. The minimum atomic E-state index is -4.42. The van der Waals surface area contributed by atoms with Gasteiger partial charge in [0, 0.05) is 16.3 Å². The molecule has 3 aromatic carbocycles. The Hall–Kier alpha value is -3.16. The Bertz CT molecular complexity index is 1280. The topological polar surface area (TPSA) is 38.7 Å². The zero-order chi connectivity index (χ0) is 22.0. The van der Waals surface area contributed by atoms with Crippen LogP contribution in [0.5, 0.6) is 5.75 Å². The van der Waals surface area contributed by atoms with Crippen LogP contribution in [0.3, 0.4) is 0 Å². The first-order valence-electron chi connectivity index (χ1n) is 9.02. The molecule has 0 bridgehead atoms. The molecule has 156 valence electrons. The van der Waals surface area contributed by atoms with Crippen LogP contribution < -0.4 is 4.74 Å².